The van der Waals surface area contributed by atoms with Gasteiger partial charge in [-0.2, -0.15) is 0 Å². The lowest BCUT2D eigenvalue weighted by molar-refractivity contribution is -0.207. The van der Waals surface area contributed by atoms with Gasteiger partial charge in [0.1, 0.15) is 5.69 Å². The van der Waals surface area contributed by atoms with E-state index in [2.05, 4.69) is 17.1 Å². The highest BCUT2D eigenvalue weighted by molar-refractivity contribution is 5.98. The van der Waals surface area contributed by atoms with Crippen molar-refractivity contribution in [2.24, 2.45) is 5.41 Å². The molecule has 25 heavy (non-hydrogen) atoms. The van der Waals surface area contributed by atoms with Gasteiger partial charge in [-0.15, -0.1) is 0 Å². The van der Waals surface area contributed by atoms with E-state index in [1.165, 1.54) is 5.56 Å². The molecule has 2 heterocycles. The third-order valence-corrected chi connectivity index (χ3v) is 6.10. The molecule has 134 valence electrons. The van der Waals surface area contributed by atoms with Crippen molar-refractivity contribution in [3.8, 4) is 0 Å². The average molecular weight is 342 g/mol. The van der Waals surface area contributed by atoms with Crippen LogP contribution >= 0.6 is 0 Å². The molecule has 1 aliphatic heterocycles. The van der Waals surface area contributed by atoms with Gasteiger partial charge >= 0.3 is 0 Å². The Balaban J connectivity index is 1.47. The van der Waals surface area contributed by atoms with E-state index in [1.54, 1.807) is 0 Å². The predicted octanol–water partition coefficient (Wildman–Crippen LogP) is 2.87. The number of nitrogens with zero attached hydrogens (tertiary/aromatic N) is 1. The first kappa shape index (κ1) is 16.6. The minimum absolute atomic E-state index is 0.0467. The number of hydrogen-bond acceptors (Lipinski definition) is 3. The summed E-state index contributed by atoms with van der Waals surface area (Å²) in [7, 11) is 0. The number of ether oxygens (including phenoxy) is 1. The van der Waals surface area contributed by atoms with Gasteiger partial charge in [0.05, 0.1) is 12.2 Å². The van der Waals surface area contributed by atoms with E-state index in [0.29, 0.717) is 25.4 Å². The number of nitrogens with one attached hydrogen (secondary N) is 1. The molecule has 2 aliphatic rings. The quantitative estimate of drug-likeness (QED) is 0.901. The number of benzene rings is 1. The minimum Gasteiger partial charge on any atom is -0.392 e. The van der Waals surface area contributed by atoms with Crippen LogP contribution in [0.2, 0.25) is 0 Å². The fourth-order valence-electron chi connectivity index (χ4n) is 4.47. The highest BCUT2D eigenvalue weighted by atomic mass is 16.5. The summed E-state index contributed by atoms with van der Waals surface area (Å²) in [6.07, 6.45) is 2.19. The van der Waals surface area contributed by atoms with Crippen molar-refractivity contribution in [1.29, 1.82) is 0 Å². The van der Waals surface area contributed by atoms with Crippen LogP contribution in [0, 0.1) is 12.3 Å². The summed E-state index contributed by atoms with van der Waals surface area (Å²) in [6, 6.07) is 8.10. The lowest BCUT2D eigenvalue weighted by Gasteiger charge is -2.56. The molecule has 5 nitrogen and oxygen atoms in total. The first-order valence-corrected chi connectivity index (χ1v) is 9.22. The molecule has 1 spiro atoms. The zero-order chi connectivity index (χ0) is 17.6. The van der Waals surface area contributed by atoms with Crippen molar-refractivity contribution in [2.75, 3.05) is 19.7 Å². The topological polar surface area (TPSA) is 65.6 Å². The second kappa shape index (κ2) is 6.15. The van der Waals surface area contributed by atoms with Crippen LogP contribution in [0.25, 0.3) is 10.9 Å². The molecular formula is C20H26N2O3. The number of aromatic amines is 1. The van der Waals surface area contributed by atoms with Crippen LogP contribution in [0.5, 0.6) is 0 Å². The molecular weight excluding hydrogens is 316 g/mol. The van der Waals surface area contributed by atoms with E-state index in [-0.39, 0.29) is 23.5 Å². The molecule has 0 radical (unpaired) electrons. The third-order valence-electron chi connectivity index (χ3n) is 6.10. The lowest BCUT2D eigenvalue weighted by atomic mass is 9.58. The van der Waals surface area contributed by atoms with Crippen molar-refractivity contribution >= 4 is 16.8 Å². The van der Waals surface area contributed by atoms with E-state index in [4.69, 9.17) is 4.74 Å². The van der Waals surface area contributed by atoms with Crippen LogP contribution in [0.15, 0.2) is 24.3 Å². The normalized spacial score (nSPS) is 25.3. The number of piperidine rings is 1. The highest BCUT2D eigenvalue weighted by Gasteiger charge is 2.56. The molecule has 1 aromatic carbocycles. The number of hydrogen-bond donors (Lipinski definition) is 2. The van der Waals surface area contributed by atoms with Gasteiger partial charge in [-0.3, -0.25) is 4.79 Å². The summed E-state index contributed by atoms with van der Waals surface area (Å²) in [5.74, 6) is 0.0467. The molecule has 1 aromatic heterocycles. The standard InChI is InChI=1S/C20H26N2O3/c1-3-25-18-12-17(23)20(18)6-8-22(9-7-20)19(24)16-11-14-5-4-13(2)10-15(14)21-16/h4-5,10-11,17-18,21,23H,3,6-9,12H2,1-2H3/t17-,18+/m0/s1. The maximum atomic E-state index is 12.9. The summed E-state index contributed by atoms with van der Waals surface area (Å²) < 4.78 is 5.80. The van der Waals surface area contributed by atoms with E-state index in [1.807, 2.05) is 30.9 Å². The molecule has 4 rings (SSSR count). The number of carbonyl (C=O) groups excluding carboxylic acids is 1. The molecule has 0 unspecified atom stereocenters. The van der Waals surface area contributed by atoms with Crippen LogP contribution < -0.4 is 0 Å². The minimum atomic E-state index is -0.294. The Morgan fingerprint density at radius 3 is 2.80 bits per heavy atom. The Bertz CT molecular complexity index is 787. The second-order valence-electron chi connectivity index (χ2n) is 7.49. The number of likely N-dealkylation sites (tertiary alicyclic amines) is 1. The van der Waals surface area contributed by atoms with E-state index in [9.17, 15) is 9.90 Å². The van der Waals surface area contributed by atoms with Crippen LogP contribution in [-0.2, 0) is 4.74 Å². The third kappa shape index (κ3) is 2.66. The van der Waals surface area contributed by atoms with Gasteiger partial charge in [-0.25, -0.2) is 0 Å². The average Bonchev–Trinajstić information content (AvgIpc) is 3.04. The molecule has 2 N–H and O–H groups in total. The van der Waals surface area contributed by atoms with Crippen molar-refractivity contribution < 1.29 is 14.6 Å². The number of aryl methyl sites for hydroxylation is 1. The summed E-state index contributed by atoms with van der Waals surface area (Å²) in [5, 5.41) is 11.4. The predicted molar refractivity (Wildman–Crippen MR) is 96.6 cm³/mol. The fraction of sp³-hybridized carbons (Fsp3) is 0.550. The van der Waals surface area contributed by atoms with Gasteiger partial charge in [0, 0.05) is 42.4 Å². The first-order chi connectivity index (χ1) is 12.0. The lowest BCUT2D eigenvalue weighted by Crippen LogP contribution is -2.62. The van der Waals surface area contributed by atoms with Gasteiger partial charge in [-0.1, -0.05) is 12.1 Å². The number of aliphatic hydroxyl groups is 1. The van der Waals surface area contributed by atoms with Gasteiger partial charge < -0.3 is 19.7 Å². The number of H-pyrrole nitrogens is 1. The largest absolute Gasteiger partial charge is 0.392 e. The molecule has 2 fully saturated rings. The maximum Gasteiger partial charge on any atom is 0.270 e. The zero-order valence-electron chi connectivity index (χ0n) is 14.9. The monoisotopic (exact) mass is 342 g/mol. The molecule has 1 saturated heterocycles. The van der Waals surface area contributed by atoms with Crippen molar-refractivity contribution in [3.05, 3.63) is 35.5 Å². The molecule has 2 aromatic rings. The van der Waals surface area contributed by atoms with Crippen molar-refractivity contribution in [3.63, 3.8) is 0 Å². The Kier molecular flexibility index (Phi) is 4.08. The van der Waals surface area contributed by atoms with Crippen LogP contribution in [0.3, 0.4) is 0 Å². The summed E-state index contributed by atoms with van der Waals surface area (Å²) in [5.41, 5.74) is 2.67. The number of aromatic nitrogens is 1. The molecule has 2 atom stereocenters. The Hall–Kier alpha value is -1.85. The second-order valence-corrected chi connectivity index (χ2v) is 7.49. The van der Waals surface area contributed by atoms with Crippen LogP contribution in [0.1, 0.15) is 42.2 Å². The molecule has 1 aliphatic carbocycles. The Morgan fingerprint density at radius 1 is 1.36 bits per heavy atom. The van der Waals surface area contributed by atoms with Gasteiger partial charge in [-0.05, 0) is 44.4 Å². The van der Waals surface area contributed by atoms with Gasteiger partial charge in [0.15, 0.2) is 0 Å². The van der Waals surface area contributed by atoms with Crippen molar-refractivity contribution in [1.82, 2.24) is 9.88 Å². The van der Waals surface area contributed by atoms with Crippen molar-refractivity contribution in [2.45, 2.75) is 45.3 Å². The first-order valence-electron chi connectivity index (χ1n) is 9.22. The number of amides is 1. The number of fused-ring (bicyclic) bond motifs is 1. The highest BCUT2D eigenvalue weighted by Crippen LogP contribution is 2.51. The van der Waals surface area contributed by atoms with Crippen LogP contribution in [-0.4, -0.2) is 52.8 Å². The maximum absolute atomic E-state index is 12.9. The molecule has 0 bridgehead atoms. The Labute approximate surface area is 148 Å². The van der Waals surface area contributed by atoms with E-state index in [0.717, 1.165) is 30.2 Å². The fourth-order valence-corrected chi connectivity index (χ4v) is 4.47. The summed E-state index contributed by atoms with van der Waals surface area (Å²) in [6.45, 7) is 6.07. The summed E-state index contributed by atoms with van der Waals surface area (Å²) in [4.78, 5) is 18.0. The zero-order valence-corrected chi connectivity index (χ0v) is 14.9. The smallest absolute Gasteiger partial charge is 0.270 e. The SMILES string of the molecule is CCO[C@@H]1C[C@H](O)C12CCN(C(=O)c1cc3ccc(C)cc3[nH]1)CC2. The summed E-state index contributed by atoms with van der Waals surface area (Å²) >= 11 is 0. The van der Waals surface area contributed by atoms with Gasteiger partial charge in [0.2, 0.25) is 0 Å². The number of carbonyl (C=O) groups is 1. The van der Waals surface area contributed by atoms with Gasteiger partial charge in [0.25, 0.3) is 5.91 Å². The number of rotatable bonds is 3. The molecule has 1 amide bonds. The number of aliphatic hydroxyl groups excluding tert-OH is 1. The molecule has 5 heteroatoms. The Morgan fingerprint density at radius 2 is 2.12 bits per heavy atom. The van der Waals surface area contributed by atoms with E-state index >= 15 is 0 Å². The van der Waals surface area contributed by atoms with Crippen LogP contribution in [0.4, 0.5) is 0 Å². The molecule has 1 saturated carbocycles. The van der Waals surface area contributed by atoms with E-state index < -0.39 is 0 Å².